The molecule has 1 aromatic carbocycles. The van der Waals surface area contributed by atoms with E-state index in [0.717, 1.165) is 0 Å². The van der Waals surface area contributed by atoms with Gasteiger partial charge in [0.1, 0.15) is 19.0 Å². The lowest BCUT2D eigenvalue weighted by atomic mass is 10.1. The first-order valence-corrected chi connectivity index (χ1v) is 5.76. The highest BCUT2D eigenvalue weighted by Gasteiger charge is 2.19. The van der Waals surface area contributed by atoms with E-state index in [1.165, 1.54) is 4.90 Å². The highest BCUT2D eigenvalue weighted by molar-refractivity contribution is 5.78. The number of carboxylic acids is 1. The van der Waals surface area contributed by atoms with Gasteiger partial charge in [0, 0.05) is 12.6 Å². The third kappa shape index (κ3) is 4.26. The van der Waals surface area contributed by atoms with Gasteiger partial charge >= 0.3 is 5.97 Å². The molecule has 6 nitrogen and oxygen atoms in total. The van der Waals surface area contributed by atoms with Crippen LogP contribution in [0.5, 0.6) is 5.75 Å². The summed E-state index contributed by atoms with van der Waals surface area (Å²) in [6.07, 6.45) is 0. The summed E-state index contributed by atoms with van der Waals surface area (Å²) in [6.45, 7) is 0.954. The molecule has 0 aromatic heterocycles. The summed E-state index contributed by atoms with van der Waals surface area (Å²) in [5.74, 6) is -1.36. The van der Waals surface area contributed by atoms with Crippen molar-refractivity contribution in [2.24, 2.45) is 0 Å². The molecule has 1 atom stereocenters. The zero-order chi connectivity index (χ0) is 14.4. The summed E-state index contributed by atoms with van der Waals surface area (Å²) in [4.78, 5) is 23.4. The highest BCUT2D eigenvalue weighted by Crippen LogP contribution is 2.26. The maximum Gasteiger partial charge on any atom is 0.329 e. The number of carboxylic acid groups (broad SMARTS) is 1. The number of ether oxygens (including phenoxy) is 1. The van der Waals surface area contributed by atoms with Crippen molar-refractivity contribution >= 4 is 11.9 Å². The second kappa shape index (κ2) is 6.75. The molecular weight excluding hydrogens is 250 g/mol. The fourth-order valence-corrected chi connectivity index (χ4v) is 1.59. The normalized spacial score (nSPS) is 11.9. The van der Waals surface area contributed by atoms with E-state index in [1.807, 2.05) is 0 Å². The SMILES string of the molecule is CC(c1ccccc1O)N(C)C(=O)COCC(=O)O. The van der Waals surface area contributed by atoms with Crippen LogP contribution in [0.3, 0.4) is 0 Å². The van der Waals surface area contributed by atoms with Crippen LogP contribution in [0.1, 0.15) is 18.5 Å². The first-order valence-electron chi connectivity index (χ1n) is 5.76. The van der Waals surface area contributed by atoms with Gasteiger partial charge in [0.2, 0.25) is 5.91 Å². The Morgan fingerprint density at radius 2 is 1.95 bits per heavy atom. The molecule has 0 aliphatic heterocycles. The number of para-hydroxylation sites is 1. The van der Waals surface area contributed by atoms with Crippen LogP contribution in [0.15, 0.2) is 24.3 Å². The predicted octanol–water partition coefficient (Wildman–Crippen LogP) is 1.01. The van der Waals surface area contributed by atoms with E-state index in [4.69, 9.17) is 9.84 Å². The summed E-state index contributed by atoms with van der Waals surface area (Å²) in [7, 11) is 1.57. The molecule has 0 saturated carbocycles. The number of rotatable bonds is 6. The molecule has 0 heterocycles. The lowest BCUT2D eigenvalue weighted by Crippen LogP contribution is -2.33. The molecule has 0 saturated heterocycles. The van der Waals surface area contributed by atoms with Gasteiger partial charge in [-0.15, -0.1) is 0 Å². The monoisotopic (exact) mass is 267 g/mol. The molecule has 1 unspecified atom stereocenters. The van der Waals surface area contributed by atoms with Crippen molar-refractivity contribution in [3.05, 3.63) is 29.8 Å². The van der Waals surface area contributed by atoms with Crippen LogP contribution in [-0.4, -0.2) is 47.3 Å². The fourth-order valence-electron chi connectivity index (χ4n) is 1.59. The zero-order valence-electron chi connectivity index (χ0n) is 10.9. The topological polar surface area (TPSA) is 87.1 Å². The number of aliphatic carboxylic acids is 1. The quantitative estimate of drug-likeness (QED) is 0.803. The van der Waals surface area contributed by atoms with Crippen LogP contribution in [0, 0.1) is 0 Å². The Balaban J connectivity index is 2.61. The molecular formula is C13H17NO5. The van der Waals surface area contributed by atoms with E-state index in [-0.39, 0.29) is 24.3 Å². The molecule has 6 heteroatoms. The second-order valence-corrected chi connectivity index (χ2v) is 4.13. The summed E-state index contributed by atoms with van der Waals surface area (Å²) in [5.41, 5.74) is 0.622. The maximum atomic E-state index is 11.8. The smallest absolute Gasteiger partial charge is 0.329 e. The molecule has 0 aliphatic carbocycles. The Kier molecular flexibility index (Phi) is 5.32. The Hall–Kier alpha value is -2.08. The molecule has 0 radical (unpaired) electrons. The molecule has 0 fully saturated rings. The molecule has 1 rings (SSSR count). The summed E-state index contributed by atoms with van der Waals surface area (Å²) in [6, 6.07) is 6.41. The lowest BCUT2D eigenvalue weighted by molar-refractivity contribution is -0.146. The molecule has 1 aromatic rings. The van der Waals surface area contributed by atoms with Crippen molar-refractivity contribution < 1.29 is 24.5 Å². The minimum atomic E-state index is -1.12. The van der Waals surface area contributed by atoms with Gasteiger partial charge in [0.05, 0.1) is 6.04 Å². The Bertz CT molecular complexity index is 460. The Morgan fingerprint density at radius 3 is 2.53 bits per heavy atom. The van der Waals surface area contributed by atoms with E-state index in [1.54, 1.807) is 38.2 Å². The number of aromatic hydroxyl groups is 1. The van der Waals surface area contributed by atoms with Crippen LogP contribution in [0.2, 0.25) is 0 Å². The summed E-state index contributed by atoms with van der Waals surface area (Å²) in [5, 5.41) is 18.1. The Morgan fingerprint density at radius 1 is 1.32 bits per heavy atom. The van der Waals surface area contributed by atoms with Gasteiger partial charge in [-0.3, -0.25) is 4.79 Å². The van der Waals surface area contributed by atoms with E-state index in [2.05, 4.69) is 0 Å². The van der Waals surface area contributed by atoms with Crippen LogP contribution >= 0.6 is 0 Å². The van der Waals surface area contributed by atoms with Crippen LogP contribution < -0.4 is 0 Å². The van der Waals surface area contributed by atoms with Crippen molar-refractivity contribution in [1.82, 2.24) is 4.90 Å². The standard InChI is InChI=1S/C13H17NO5/c1-9(10-5-3-4-6-11(10)15)14(2)12(16)7-19-8-13(17)18/h3-6,9,15H,7-8H2,1-2H3,(H,17,18). The van der Waals surface area contributed by atoms with Crippen molar-refractivity contribution in [3.8, 4) is 5.75 Å². The zero-order valence-corrected chi connectivity index (χ0v) is 10.9. The number of carbonyl (C=O) groups excluding carboxylic acids is 1. The second-order valence-electron chi connectivity index (χ2n) is 4.13. The number of hydrogen-bond acceptors (Lipinski definition) is 4. The fraction of sp³-hybridized carbons (Fsp3) is 0.385. The number of phenolic OH excluding ortho intramolecular Hbond substituents is 1. The number of amides is 1. The number of likely N-dealkylation sites (N-methyl/N-ethyl adjacent to an activating group) is 1. The first-order chi connectivity index (χ1) is 8.93. The molecule has 0 aliphatic rings. The lowest BCUT2D eigenvalue weighted by Gasteiger charge is -2.25. The minimum Gasteiger partial charge on any atom is -0.508 e. The minimum absolute atomic E-state index is 0.112. The number of nitrogens with zero attached hydrogens (tertiary/aromatic N) is 1. The van der Waals surface area contributed by atoms with Crippen LogP contribution in [0.25, 0.3) is 0 Å². The van der Waals surface area contributed by atoms with Crippen LogP contribution in [0.4, 0.5) is 0 Å². The van der Waals surface area contributed by atoms with Crippen molar-refractivity contribution in [2.75, 3.05) is 20.3 Å². The van der Waals surface area contributed by atoms with Crippen molar-refractivity contribution in [2.45, 2.75) is 13.0 Å². The average Bonchev–Trinajstić information content (AvgIpc) is 2.37. The van der Waals surface area contributed by atoms with E-state index in [9.17, 15) is 14.7 Å². The van der Waals surface area contributed by atoms with E-state index < -0.39 is 12.6 Å². The highest BCUT2D eigenvalue weighted by atomic mass is 16.5. The maximum absolute atomic E-state index is 11.8. The molecule has 19 heavy (non-hydrogen) atoms. The van der Waals surface area contributed by atoms with Gasteiger partial charge in [-0.25, -0.2) is 4.79 Å². The molecule has 104 valence electrons. The number of carbonyl (C=O) groups is 2. The average molecular weight is 267 g/mol. The van der Waals surface area contributed by atoms with Gasteiger partial charge in [-0.1, -0.05) is 18.2 Å². The van der Waals surface area contributed by atoms with Gasteiger partial charge < -0.3 is 19.8 Å². The van der Waals surface area contributed by atoms with Gasteiger partial charge in [0.25, 0.3) is 0 Å². The van der Waals surface area contributed by atoms with Crippen LogP contribution in [-0.2, 0) is 14.3 Å². The molecule has 0 bridgehead atoms. The van der Waals surface area contributed by atoms with Gasteiger partial charge in [-0.2, -0.15) is 0 Å². The molecule has 0 spiro atoms. The third-order valence-electron chi connectivity index (χ3n) is 2.81. The molecule has 1 amide bonds. The van der Waals surface area contributed by atoms with E-state index >= 15 is 0 Å². The third-order valence-corrected chi connectivity index (χ3v) is 2.81. The van der Waals surface area contributed by atoms with E-state index in [0.29, 0.717) is 5.56 Å². The number of phenols is 1. The summed E-state index contributed by atoms with van der Waals surface area (Å²) >= 11 is 0. The number of hydrogen-bond donors (Lipinski definition) is 2. The first kappa shape index (κ1) is 15.0. The predicted molar refractivity (Wildman–Crippen MR) is 67.7 cm³/mol. The van der Waals surface area contributed by atoms with Gasteiger partial charge in [-0.05, 0) is 13.0 Å². The summed E-state index contributed by atoms with van der Waals surface area (Å²) < 4.78 is 4.74. The van der Waals surface area contributed by atoms with Crippen molar-refractivity contribution in [3.63, 3.8) is 0 Å². The van der Waals surface area contributed by atoms with Crippen molar-refractivity contribution in [1.29, 1.82) is 0 Å². The van der Waals surface area contributed by atoms with Gasteiger partial charge in [0.15, 0.2) is 0 Å². The molecule has 2 N–H and O–H groups in total. The Labute approximate surface area is 111 Å². The number of benzene rings is 1. The largest absolute Gasteiger partial charge is 0.508 e.